The van der Waals surface area contributed by atoms with Gasteiger partial charge in [0.2, 0.25) is 23.6 Å². The van der Waals surface area contributed by atoms with E-state index in [1.807, 2.05) is 29.2 Å². The van der Waals surface area contributed by atoms with Crippen LogP contribution in [0, 0.1) is 5.82 Å². The lowest BCUT2D eigenvalue weighted by Crippen LogP contribution is -2.65. The average molecular weight is 1120 g/mol. The van der Waals surface area contributed by atoms with Gasteiger partial charge in [0.1, 0.15) is 43.3 Å². The molecule has 4 bridgehead atoms. The third-order valence-electron chi connectivity index (χ3n) is 16.3. The number of nitrogens with two attached hydrogens (primary N) is 1. The van der Waals surface area contributed by atoms with Crippen LogP contribution >= 0.6 is 0 Å². The Hall–Kier alpha value is -8.34. The first-order valence-corrected chi connectivity index (χ1v) is 28.8. The summed E-state index contributed by atoms with van der Waals surface area (Å²) in [6.07, 6.45) is 11.4. The zero-order valence-electron chi connectivity index (χ0n) is 46.6. The Bertz CT molecular complexity index is 3370. The molecule has 3 aromatic carbocycles. The second-order valence-electron chi connectivity index (χ2n) is 22.2. The van der Waals surface area contributed by atoms with Crippen LogP contribution in [-0.2, 0) is 40.0 Å². The minimum Gasteiger partial charge on any atom is -0.462 e. The lowest BCUT2D eigenvalue weighted by atomic mass is 9.88. The number of piperidine rings is 3. The molecular weight excluding hydrogens is 1050 g/mol. The van der Waals surface area contributed by atoms with E-state index in [-0.39, 0.29) is 78.1 Å². The minimum absolute atomic E-state index is 0.0257. The number of nitrogens with zero attached hydrogens (tertiary/aromatic N) is 9. The number of quaternary nitrogens is 1. The lowest BCUT2D eigenvalue weighted by molar-refractivity contribution is -0.147. The van der Waals surface area contributed by atoms with Crippen molar-refractivity contribution in [2.24, 2.45) is 5.73 Å². The Kier molecular flexibility index (Phi) is 17.5. The van der Waals surface area contributed by atoms with Crippen LogP contribution in [0.3, 0.4) is 0 Å². The molecule has 8 heterocycles. The van der Waals surface area contributed by atoms with Gasteiger partial charge in [0, 0.05) is 86.3 Å². The molecule has 5 aliphatic rings. The quantitative estimate of drug-likeness (QED) is 0.0328. The third kappa shape index (κ3) is 12.7. The molecular formula is C59H72FN14O8+. The SMILES string of the molecule is CC(C)OC(=O)CNC(=O)CNC(=O)Cn1nc2c3c(cccc31)-c1cc3c(cnn3[N+]3(C(=O)CCC(=O)NCCCCCC(=O)N4CCC(c5ccc(Nc6nc(N7CCCCC7)cnc6C(N)=O)cc5)CC4)CCC2CC3)cc1F. The van der Waals surface area contributed by atoms with Crippen molar-refractivity contribution in [2.75, 3.05) is 69.1 Å². The van der Waals surface area contributed by atoms with E-state index in [1.54, 1.807) is 47.8 Å². The predicted octanol–water partition coefficient (Wildman–Crippen LogP) is 5.72. The summed E-state index contributed by atoms with van der Waals surface area (Å²) in [7, 11) is 0. The van der Waals surface area contributed by atoms with Gasteiger partial charge in [-0.05, 0) is 106 Å². The number of primary amides is 1. The maximum atomic E-state index is 16.3. The number of unbranched alkanes of at least 4 members (excludes halogenated alkanes) is 2. The van der Waals surface area contributed by atoms with Crippen molar-refractivity contribution >= 4 is 80.5 Å². The molecule has 3 saturated heterocycles. The third-order valence-corrected chi connectivity index (χ3v) is 16.3. The molecule has 432 valence electrons. The van der Waals surface area contributed by atoms with E-state index in [4.69, 9.17) is 25.7 Å². The van der Waals surface area contributed by atoms with Gasteiger partial charge < -0.3 is 41.5 Å². The molecule has 3 fully saturated rings. The molecule has 0 aliphatic carbocycles. The summed E-state index contributed by atoms with van der Waals surface area (Å²) < 4.78 is 22.7. The van der Waals surface area contributed by atoms with E-state index in [0.29, 0.717) is 110 Å². The number of benzene rings is 3. The Labute approximate surface area is 474 Å². The highest BCUT2D eigenvalue weighted by molar-refractivity contribution is 6.01. The van der Waals surface area contributed by atoms with Crippen LogP contribution < -0.4 is 36.5 Å². The number of likely N-dealkylation sites (tertiary alicyclic amines) is 1. The molecule has 11 rings (SSSR count). The van der Waals surface area contributed by atoms with E-state index in [0.717, 1.165) is 56.7 Å². The number of aromatic nitrogens is 6. The maximum Gasteiger partial charge on any atom is 0.340 e. The fraction of sp³-hybridized carbons (Fsp3) is 0.475. The summed E-state index contributed by atoms with van der Waals surface area (Å²) in [5, 5.41) is 22.1. The first-order chi connectivity index (χ1) is 39.6. The van der Waals surface area contributed by atoms with Gasteiger partial charge in [0.25, 0.3) is 5.91 Å². The van der Waals surface area contributed by atoms with Crippen LogP contribution in [0.2, 0.25) is 0 Å². The normalized spacial score (nSPS) is 17.9. The first-order valence-electron chi connectivity index (χ1n) is 28.8. The van der Waals surface area contributed by atoms with Crippen molar-refractivity contribution in [1.82, 2.24) is 55.1 Å². The smallest absolute Gasteiger partial charge is 0.340 e. The number of carbonyl (C=O) groups is 7. The van der Waals surface area contributed by atoms with Crippen molar-refractivity contribution < 1.29 is 42.7 Å². The van der Waals surface area contributed by atoms with Crippen molar-refractivity contribution in [3.8, 4) is 11.1 Å². The fourth-order valence-corrected chi connectivity index (χ4v) is 12.0. The van der Waals surface area contributed by atoms with Crippen LogP contribution in [0.4, 0.5) is 21.7 Å². The summed E-state index contributed by atoms with van der Waals surface area (Å²) in [4.78, 5) is 106. The van der Waals surface area contributed by atoms with Gasteiger partial charge in [-0.15, -0.1) is 9.69 Å². The summed E-state index contributed by atoms with van der Waals surface area (Å²) >= 11 is 0. The molecule has 0 spiro atoms. The first kappa shape index (κ1) is 56.9. The van der Waals surface area contributed by atoms with Gasteiger partial charge in [0.05, 0.1) is 42.7 Å². The number of nitrogens with one attached hydrogen (secondary N) is 4. The molecule has 6 aromatic rings. The molecule has 0 atom stereocenters. The van der Waals surface area contributed by atoms with Crippen molar-refractivity contribution in [3.63, 3.8) is 0 Å². The van der Waals surface area contributed by atoms with E-state index in [2.05, 4.69) is 43.3 Å². The summed E-state index contributed by atoms with van der Waals surface area (Å²) in [6, 6.07) is 16.6. The monoisotopic (exact) mass is 1120 g/mol. The Balaban J connectivity index is 0.682. The standard InChI is InChI=1S/C59H71FN14O8/c1-37(2)82-54(80)35-64-50(76)34-63-51(77)36-72-46-11-9-10-43-44-31-47-41(30-45(44)60)32-66-73(47)74(28-21-40(22-29-74)56(69-72)55(43)46)53(79)18-17-49(75)62-23-6-3-5-12-52(78)71-26-19-39(20-27-71)38-13-15-42(16-14-38)67-59-57(58(61)81)65-33-48(68-59)70-24-7-4-8-25-70/h9-11,13-16,30-33,37,39-40H,3-8,12,17-29,34-36H2,1-2H3,(H5-,61,62,63,64,67,68,75,76,77,81)/p+1. The zero-order chi connectivity index (χ0) is 57.5. The highest BCUT2D eigenvalue weighted by atomic mass is 19.1. The number of hydrogen-bond donors (Lipinski definition) is 5. The lowest BCUT2D eigenvalue weighted by Gasteiger charge is -2.39. The topological polar surface area (TPSA) is 271 Å². The fourth-order valence-electron chi connectivity index (χ4n) is 12.0. The summed E-state index contributed by atoms with van der Waals surface area (Å²) in [5.74, 6) is -1.91. The number of fused-ring (bicyclic) bond motifs is 2. The highest BCUT2D eigenvalue weighted by Crippen LogP contribution is 2.42. The predicted molar refractivity (Wildman–Crippen MR) is 306 cm³/mol. The average Bonchev–Trinajstić information content (AvgIpc) is 3.50. The van der Waals surface area contributed by atoms with Crippen LogP contribution in [0.1, 0.15) is 131 Å². The van der Waals surface area contributed by atoms with Gasteiger partial charge in [-0.2, -0.15) is 5.10 Å². The number of amides is 6. The number of ether oxygens (including phenoxy) is 1. The molecule has 6 N–H and O–H groups in total. The van der Waals surface area contributed by atoms with E-state index < -0.39 is 29.5 Å². The summed E-state index contributed by atoms with van der Waals surface area (Å²) in [5.41, 5.74) is 10.4. The number of carbonyl (C=O) groups excluding carboxylic acids is 7. The van der Waals surface area contributed by atoms with Crippen LogP contribution in [0.5, 0.6) is 0 Å². The molecule has 0 unspecified atom stereocenters. The van der Waals surface area contributed by atoms with Crippen LogP contribution in [0.15, 0.2) is 67.0 Å². The van der Waals surface area contributed by atoms with E-state index in [1.165, 1.54) is 18.1 Å². The van der Waals surface area contributed by atoms with Gasteiger partial charge >= 0.3 is 11.9 Å². The Morgan fingerprint density at radius 2 is 1.52 bits per heavy atom. The number of anilines is 3. The number of esters is 1. The van der Waals surface area contributed by atoms with Gasteiger partial charge in [-0.25, -0.2) is 19.2 Å². The zero-order valence-corrected chi connectivity index (χ0v) is 46.6. The maximum absolute atomic E-state index is 16.3. The van der Waals surface area contributed by atoms with Gasteiger partial charge in [0.15, 0.2) is 11.5 Å². The van der Waals surface area contributed by atoms with E-state index >= 15 is 4.39 Å². The van der Waals surface area contributed by atoms with Gasteiger partial charge in [-0.1, -0.05) is 35.5 Å². The Morgan fingerprint density at radius 3 is 2.27 bits per heavy atom. The molecule has 82 heavy (non-hydrogen) atoms. The Morgan fingerprint density at radius 1 is 0.768 bits per heavy atom. The van der Waals surface area contributed by atoms with Crippen molar-refractivity contribution in [3.05, 3.63) is 89.8 Å². The van der Waals surface area contributed by atoms with Crippen LogP contribution in [-0.4, -0.2) is 141 Å². The number of rotatable bonds is 21. The van der Waals surface area contributed by atoms with Crippen molar-refractivity contribution in [1.29, 1.82) is 0 Å². The van der Waals surface area contributed by atoms with Gasteiger partial charge in [-0.3, -0.25) is 33.4 Å². The highest BCUT2D eigenvalue weighted by Gasteiger charge is 2.46. The summed E-state index contributed by atoms with van der Waals surface area (Å²) in [6.45, 7) is 6.69. The van der Waals surface area contributed by atoms with Crippen molar-refractivity contribution in [2.45, 2.75) is 122 Å². The molecule has 0 radical (unpaired) electrons. The molecule has 0 saturated carbocycles. The number of halogens is 1. The minimum atomic E-state index is -0.648. The molecule has 3 aromatic heterocycles. The number of hydrogen-bond acceptors (Lipinski definition) is 14. The van der Waals surface area contributed by atoms with E-state index in [9.17, 15) is 33.6 Å². The largest absolute Gasteiger partial charge is 0.462 e. The molecule has 23 heteroatoms. The molecule has 22 nitrogen and oxygen atoms in total. The molecule has 6 amide bonds. The second-order valence-corrected chi connectivity index (χ2v) is 22.2. The second kappa shape index (κ2) is 25.2. The molecule has 5 aliphatic heterocycles. The van der Waals surface area contributed by atoms with Crippen LogP contribution in [0.25, 0.3) is 32.9 Å².